The summed E-state index contributed by atoms with van der Waals surface area (Å²) in [5, 5.41) is 0.160. The van der Waals surface area contributed by atoms with Crippen LogP contribution >= 0.6 is 12.2 Å². The molecule has 0 aliphatic carbocycles. The van der Waals surface area contributed by atoms with Gasteiger partial charge in [0.1, 0.15) is 0 Å². The number of carbonyl (C=O) groups is 2. The largest absolute Gasteiger partial charge is 0.444 e. The molecule has 0 saturated heterocycles. The summed E-state index contributed by atoms with van der Waals surface area (Å²) in [6, 6.07) is 9.31. The smallest absolute Gasteiger partial charge is 0.307 e. The van der Waals surface area contributed by atoms with Crippen LogP contribution < -0.4 is 10.9 Å². The van der Waals surface area contributed by atoms with Crippen molar-refractivity contribution in [2.45, 2.75) is 26.2 Å². The highest BCUT2D eigenvalue weighted by Gasteiger charge is 2.20. The van der Waals surface area contributed by atoms with Gasteiger partial charge in [-0.2, -0.15) is 0 Å². The molecular weight excluding hydrogens is 302 g/mol. The van der Waals surface area contributed by atoms with Gasteiger partial charge in [0, 0.05) is 13.5 Å². The van der Waals surface area contributed by atoms with Crippen LogP contribution in [0.2, 0.25) is 0 Å². The Kier molecular flexibility index (Phi) is 8.09. The zero-order valence-corrected chi connectivity index (χ0v) is 13.6. The lowest BCUT2D eigenvalue weighted by atomic mass is 10.1. The summed E-state index contributed by atoms with van der Waals surface area (Å²) in [5.74, 6) is -0.601. The van der Waals surface area contributed by atoms with Crippen molar-refractivity contribution in [1.29, 1.82) is 0 Å². The number of hydrogen-bond donors (Lipinski definition) is 2. The second-order valence-electron chi connectivity index (χ2n) is 4.56. The molecule has 0 unspecified atom stereocenters. The van der Waals surface area contributed by atoms with Crippen LogP contribution in [0, 0.1) is 0 Å². The predicted octanol–water partition coefficient (Wildman–Crippen LogP) is 1.37. The highest BCUT2D eigenvalue weighted by atomic mass is 32.1. The Balaban J connectivity index is 2.69. The molecule has 22 heavy (non-hydrogen) atoms. The lowest BCUT2D eigenvalue weighted by Crippen LogP contribution is -2.49. The molecule has 0 saturated carbocycles. The van der Waals surface area contributed by atoms with Crippen molar-refractivity contribution in [2.75, 3.05) is 13.8 Å². The third-order valence-electron chi connectivity index (χ3n) is 2.79. The third-order valence-corrected chi connectivity index (χ3v) is 3.11. The van der Waals surface area contributed by atoms with E-state index >= 15 is 0 Å². The van der Waals surface area contributed by atoms with Gasteiger partial charge in [0.15, 0.2) is 11.8 Å². The van der Waals surface area contributed by atoms with Crippen molar-refractivity contribution < 1.29 is 14.3 Å². The fourth-order valence-electron chi connectivity index (χ4n) is 1.70. The average molecular weight is 323 g/mol. The van der Waals surface area contributed by atoms with Gasteiger partial charge in [0.2, 0.25) is 5.91 Å². The molecular formula is C15H21N3O3S. The van der Waals surface area contributed by atoms with E-state index < -0.39 is 0 Å². The number of thiocarbonyl (C=S) groups is 1. The molecule has 0 radical (unpaired) electrons. The van der Waals surface area contributed by atoms with Gasteiger partial charge >= 0.3 is 5.97 Å². The van der Waals surface area contributed by atoms with Crippen molar-refractivity contribution in [2.24, 2.45) is 0 Å². The summed E-state index contributed by atoms with van der Waals surface area (Å²) in [6.07, 6.45) is 1.18. The van der Waals surface area contributed by atoms with Crippen LogP contribution in [0.1, 0.15) is 25.3 Å². The van der Waals surface area contributed by atoms with Crippen LogP contribution in [0.25, 0.3) is 0 Å². The molecule has 1 rings (SSSR count). The number of hydrogen-bond acceptors (Lipinski definition) is 5. The fourth-order valence-corrected chi connectivity index (χ4v) is 1.95. The van der Waals surface area contributed by atoms with Gasteiger partial charge < -0.3 is 4.74 Å². The summed E-state index contributed by atoms with van der Waals surface area (Å²) in [6.45, 7) is 1.69. The maximum absolute atomic E-state index is 12.4. The molecule has 0 heterocycles. The summed E-state index contributed by atoms with van der Waals surface area (Å²) < 4.78 is 5.08. The van der Waals surface area contributed by atoms with Crippen molar-refractivity contribution in [3.8, 4) is 0 Å². The summed E-state index contributed by atoms with van der Waals surface area (Å²) in [5.41, 5.74) is 6.18. The number of carbonyl (C=O) groups excluding carboxylic acids is 2. The van der Waals surface area contributed by atoms with Crippen molar-refractivity contribution in [3.63, 3.8) is 0 Å². The number of benzene rings is 1. The minimum atomic E-state index is -0.354. The number of amides is 1. The topological polar surface area (TPSA) is 70.7 Å². The summed E-state index contributed by atoms with van der Waals surface area (Å²) in [4.78, 5) is 25.1. The van der Waals surface area contributed by atoms with Crippen molar-refractivity contribution in [3.05, 3.63) is 35.9 Å². The molecule has 120 valence electrons. The number of nitrogens with one attached hydrogen (secondary N) is 2. The average Bonchev–Trinajstić information content (AvgIpc) is 2.49. The van der Waals surface area contributed by atoms with Gasteiger partial charge in [-0.3, -0.25) is 19.9 Å². The van der Waals surface area contributed by atoms with Gasteiger partial charge in [-0.1, -0.05) is 37.3 Å². The monoisotopic (exact) mass is 323 g/mol. The van der Waals surface area contributed by atoms with Gasteiger partial charge in [-0.05, 0) is 24.2 Å². The second-order valence-corrected chi connectivity index (χ2v) is 4.95. The van der Waals surface area contributed by atoms with E-state index in [-0.39, 0.29) is 30.1 Å². The maximum Gasteiger partial charge on any atom is 0.307 e. The molecule has 0 atom stereocenters. The molecule has 7 heteroatoms. The maximum atomic E-state index is 12.4. The van der Waals surface area contributed by atoms with Crippen LogP contribution in [-0.2, 0) is 20.7 Å². The molecule has 0 fully saturated rings. The Morgan fingerprint density at radius 2 is 1.95 bits per heavy atom. The van der Waals surface area contributed by atoms with Crippen LogP contribution in [-0.4, -0.2) is 35.7 Å². The minimum Gasteiger partial charge on any atom is -0.444 e. The molecule has 0 bridgehead atoms. The molecule has 1 aromatic carbocycles. The number of esters is 1. The van der Waals surface area contributed by atoms with Crippen LogP contribution in [0.15, 0.2) is 30.3 Å². The van der Waals surface area contributed by atoms with Gasteiger partial charge in [0.05, 0.1) is 6.42 Å². The number of rotatable bonds is 7. The van der Waals surface area contributed by atoms with Crippen LogP contribution in [0.3, 0.4) is 0 Å². The Hall–Kier alpha value is -1.99. The van der Waals surface area contributed by atoms with Crippen molar-refractivity contribution in [1.82, 2.24) is 15.8 Å². The van der Waals surface area contributed by atoms with Gasteiger partial charge in [0.25, 0.3) is 0 Å². The summed E-state index contributed by atoms with van der Waals surface area (Å²) in [7, 11) is 1.63. The highest BCUT2D eigenvalue weighted by molar-refractivity contribution is 7.80. The predicted molar refractivity (Wildman–Crippen MR) is 87.7 cm³/mol. The molecule has 6 nitrogen and oxygen atoms in total. The normalized spacial score (nSPS) is 9.91. The van der Waals surface area contributed by atoms with Gasteiger partial charge in [-0.25, -0.2) is 5.43 Å². The Morgan fingerprint density at radius 1 is 1.27 bits per heavy atom. The first kappa shape index (κ1) is 18.1. The Bertz CT molecular complexity index is 508. The van der Waals surface area contributed by atoms with E-state index in [0.717, 1.165) is 5.56 Å². The number of ether oxygens (including phenoxy) is 1. The van der Waals surface area contributed by atoms with Crippen LogP contribution in [0.5, 0.6) is 0 Å². The molecule has 1 aromatic rings. The molecule has 1 amide bonds. The number of nitrogens with zero attached hydrogens (tertiary/aromatic N) is 1. The lowest BCUT2D eigenvalue weighted by molar-refractivity contribution is -0.149. The first-order valence-corrected chi connectivity index (χ1v) is 7.46. The van der Waals surface area contributed by atoms with E-state index in [1.807, 2.05) is 37.3 Å². The zero-order chi connectivity index (χ0) is 16.4. The Labute approximate surface area is 135 Å². The fraction of sp³-hybridized carbons (Fsp3) is 0.400. The highest BCUT2D eigenvalue weighted by Crippen LogP contribution is 2.04. The molecule has 0 aliphatic heterocycles. The second kappa shape index (κ2) is 9.86. The van der Waals surface area contributed by atoms with Crippen LogP contribution in [0.4, 0.5) is 0 Å². The van der Waals surface area contributed by atoms with Gasteiger partial charge in [-0.15, -0.1) is 0 Å². The minimum absolute atomic E-state index is 0.160. The SMILES string of the molecule is CCCC(=O)OCN(C(=O)Cc1ccccc1)C(=S)NNC. The van der Waals surface area contributed by atoms with E-state index in [4.69, 9.17) is 17.0 Å². The first-order valence-electron chi connectivity index (χ1n) is 7.05. The van der Waals surface area contributed by atoms with E-state index in [2.05, 4.69) is 10.9 Å². The Morgan fingerprint density at radius 3 is 2.55 bits per heavy atom. The van der Waals surface area contributed by atoms with E-state index in [9.17, 15) is 9.59 Å². The van der Waals surface area contributed by atoms with E-state index in [1.54, 1.807) is 7.05 Å². The zero-order valence-electron chi connectivity index (χ0n) is 12.8. The van der Waals surface area contributed by atoms with Crippen molar-refractivity contribution >= 4 is 29.2 Å². The molecule has 2 N–H and O–H groups in total. The lowest BCUT2D eigenvalue weighted by Gasteiger charge is -2.23. The third kappa shape index (κ3) is 6.19. The first-order chi connectivity index (χ1) is 10.6. The molecule has 0 spiro atoms. The quantitative estimate of drug-likeness (QED) is 0.342. The standard InChI is InChI=1S/C15H21N3O3S/c1-3-7-14(20)21-11-18(15(22)17-16-2)13(19)10-12-8-5-4-6-9-12/h4-6,8-9,16H,3,7,10-11H2,1-2H3,(H,17,22). The molecule has 0 aliphatic rings. The summed E-state index contributed by atoms with van der Waals surface area (Å²) >= 11 is 5.12. The van der Waals surface area contributed by atoms with E-state index in [1.165, 1.54) is 4.90 Å². The van der Waals surface area contributed by atoms with E-state index in [0.29, 0.717) is 12.8 Å². The molecule has 0 aromatic heterocycles. The number of hydrazine groups is 1.